The fraction of sp³-hybridized carbons (Fsp3) is 0.500. The van der Waals surface area contributed by atoms with Crippen molar-refractivity contribution in [2.24, 2.45) is 0 Å². The number of aromatic nitrogens is 2. The molecular formula is C8H14N4O2S. The number of thioether (sulfide) groups is 1. The Bertz CT molecular complexity index is 324. The maximum atomic E-state index is 9.12. The highest BCUT2D eigenvalue weighted by Gasteiger charge is 2.04. The molecule has 84 valence electrons. The summed E-state index contributed by atoms with van der Waals surface area (Å²) in [5.74, 6) is 0.912. The minimum absolute atomic E-state index is 0.223. The van der Waals surface area contributed by atoms with Crippen molar-refractivity contribution < 1.29 is 10.2 Å². The number of rotatable bonds is 5. The molecule has 0 saturated heterocycles. The number of hydrogen-bond donors (Lipinski definition) is 4. The average Bonchev–Trinajstić information content (AvgIpc) is 2.25. The normalized spacial score (nSPS) is 12.5. The highest BCUT2D eigenvalue weighted by Crippen LogP contribution is 2.14. The summed E-state index contributed by atoms with van der Waals surface area (Å²) in [6.07, 6.45) is 1.04. The molecule has 1 aromatic heterocycles. The molecule has 0 amide bonds. The van der Waals surface area contributed by atoms with Crippen LogP contribution >= 0.6 is 11.8 Å². The van der Waals surface area contributed by atoms with Gasteiger partial charge in [-0.1, -0.05) is 11.8 Å². The molecule has 1 rings (SSSR count). The van der Waals surface area contributed by atoms with Crippen molar-refractivity contribution in [3.05, 3.63) is 6.07 Å². The molecule has 0 aliphatic rings. The van der Waals surface area contributed by atoms with Gasteiger partial charge in [0.25, 0.3) is 0 Å². The van der Waals surface area contributed by atoms with E-state index in [4.69, 9.17) is 15.9 Å². The molecule has 1 atom stereocenters. The minimum atomic E-state index is -0.807. The van der Waals surface area contributed by atoms with Crippen LogP contribution in [0.2, 0.25) is 0 Å². The Morgan fingerprint density at radius 1 is 1.60 bits per heavy atom. The predicted molar refractivity (Wildman–Crippen MR) is 59.8 cm³/mol. The van der Waals surface area contributed by atoms with Crippen LogP contribution in [0.3, 0.4) is 0 Å². The highest BCUT2D eigenvalue weighted by molar-refractivity contribution is 7.98. The van der Waals surface area contributed by atoms with Crippen LogP contribution in [0.5, 0.6) is 0 Å². The van der Waals surface area contributed by atoms with Crippen LogP contribution in [0, 0.1) is 0 Å². The van der Waals surface area contributed by atoms with E-state index < -0.39 is 6.10 Å². The summed E-state index contributed by atoms with van der Waals surface area (Å²) in [6.45, 7) is -0.0657. The second kappa shape index (κ2) is 5.74. The van der Waals surface area contributed by atoms with E-state index in [0.29, 0.717) is 16.8 Å². The number of hydrogen-bond acceptors (Lipinski definition) is 7. The molecule has 0 radical (unpaired) electrons. The van der Waals surface area contributed by atoms with Gasteiger partial charge in [0.1, 0.15) is 11.6 Å². The maximum absolute atomic E-state index is 9.12. The lowest BCUT2D eigenvalue weighted by Gasteiger charge is -2.10. The lowest BCUT2D eigenvalue weighted by atomic mass is 10.4. The molecular weight excluding hydrogens is 216 g/mol. The fourth-order valence-corrected chi connectivity index (χ4v) is 1.30. The van der Waals surface area contributed by atoms with Crippen molar-refractivity contribution in [3.63, 3.8) is 0 Å². The zero-order chi connectivity index (χ0) is 11.3. The molecule has 0 aliphatic carbocycles. The summed E-state index contributed by atoms with van der Waals surface area (Å²) in [6, 6.07) is 1.57. The molecule has 0 aliphatic heterocycles. The van der Waals surface area contributed by atoms with Crippen molar-refractivity contribution in [1.82, 2.24) is 9.97 Å². The molecule has 5 N–H and O–H groups in total. The summed E-state index contributed by atoms with van der Waals surface area (Å²) in [7, 11) is 0. The second-order valence-electron chi connectivity index (χ2n) is 2.88. The minimum Gasteiger partial charge on any atom is -0.394 e. The number of nitrogen functional groups attached to an aromatic ring is 1. The molecule has 6 nitrogen and oxygen atoms in total. The second-order valence-corrected chi connectivity index (χ2v) is 3.66. The molecule has 0 fully saturated rings. The molecule has 15 heavy (non-hydrogen) atoms. The lowest BCUT2D eigenvalue weighted by Crippen LogP contribution is -2.23. The van der Waals surface area contributed by atoms with Crippen molar-refractivity contribution in [2.45, 2.75) is 11.3 Å². The third-order valence-corrected chi connectivity index (χ3v) is 2.19. The van der Waals surface area contributed by atoms with Crippen LogP contribution in [0.1, 0.15) is 0 Å². The van der Waals surface area contributed by atoms with Crippen LogP contribution in [-0.2, 0) is 0 Å². The lowest BCUT2D eigenvalue weighted by molar-refractivity contribution is 0.105. The monoisotopic (exact) mass is 230 g/mol. The van der Waals surface area contributed by atoms with E-state index in [1.165, 1.54) is 11.8 Å². The van der Waals surface area contributed by atoms with Crippen LogP contribution < -0.4 is 11.1 Å². The van der Waals surface area contributed by atoms with E-state index in [-0.39, 0.29) is 13.2 Å². The van der Waals surface area contributed by atoms with E-state index in [1.54, 1.807) is 6.07 Å². The van der Waals surface area contributed by atoms with Gasteiger partial charge in [0, 0.05) is 12.6 Å². The Labute approximate surface area is 91.9 Å². The van der Waals surface area contributed by atoms with Gasteiger partial charge in [-0.05, 0) is 6.26 Å². The number of aliphatic hydroxyl groups is 2. The zero-order valence-electron chi connectivity index (χ0n) is 8.34. The van der Waals surface area contributed by atoms with E-state index in [1.807, 2.05) is 6.26 Å². The first-order valence-corrected chi connectivity index (χ1v) is 5.59. The van der Waals surface area contributed by atoms with Crippen LogP contribution in [0.4, 0.5) is 11.6 Å². The smallest absolute Gasteiger partial charge is 0.191 e. The molecule has 1 unspecified atom stereocenters. The van der Waals surface area contributed by atoms with E-state index in [2.05, 4.69) is 15.3 Å². The number of nitrogens with two attached hydrogens (primary N) is 1. The Balaban J connectivity index is 2.64. The van der Waals surface area contributed by atoms with Gasteiger partial charge in [0.2, 0.25) is 0 Å². The van der Waals surface area contributed by atoms with Gasteiger partial charge < -0.3 is 21.3 Å². The first kappa shape index (κ1) is 12.0. The average molecular weight is 230 g/mol. The molecule has 0 bridgehead atoms. The van der Waals surface area contributed by atoms with Gasteiger partial charge in [-0.3, -0.25) is 0 Å². The number of nitrogens with zero attached hydrogens (tertiary/aromatic N) is 2. The molecule has 1 aromatic rings. The Morgan fingerprint density at radius 3 is 2.93 bits per heavy atom. The predicted octanol–water partition coefficient (Wildman–Crippen LogP) is -0.454. The van der Waals surface area contributed by atoms with Gasteiger partial charge in [0.05, 0.1) is 12.7 Å². The number of nitrogens with one attached hydrogen (secondary N) is 1. The molecule has 1 heterocycles. The van der Waals surface area contributed by atoms with Gasteiger partial charge in [-0.25, -0.2) is 9.97 Å². The summed E-state index contributed by atoms with van der Waals surface area (Å²) in [5.41, 5.74) is 5.56. The molecule has 0 aromatic carbocycles. The zero-order valence-corrected chi connectivity index (χ0v) is 9.16. The van der Waals surface area contributed by atoms with Crippen molar-refractivity contribution in [1.29, 1.82) is 0 Å². The van der Waals surface area contributed by atoms with E-state index >= 15 is 0 Å². The standard InChI is InChI=1S/C8H14N4O2S/c1-15-8-11-6(9)2-7(12-8)10-3-5(14)4-13/h2,5,13-14H,3-4H2,1H3,(H3,9,10,11,12). The third kappa shape index (κ3) is 3.90. The van der Waals surface area contributed by atoms with Gasteiger partial charge in [-0.15, -0.1) is 0 Å². The summed E-state index contributed by atoms with van der Waals surface area (Å²) >= 11 is 1.38. The van der Waals surface area contributed by atoms with Crippen molar-refractivity contribution in [2.75, 3.05) is 30.5 Å². The SMILES string of the molecule is CSc1nc(N)cc(NCC(O)CO)n1. The molecule has 0 spiro atoms. The Hall–Kier alpha value is -1.05. The van der Waals surface area contributed by atoms with Crippen LogP contribution in [-0.4, -0.2) is 45.7 Å². The van der Waals surface area contributed by atoms with Gasteiger partial charge >= 0.3 is 0 Å². The van der Waals surface area contributed by atoms with Crippen LogP contribution in [0.25, 0.3) is 0 Å². The Kier molecular flexibility index (Phi) is 4.60. The summed E-state index contributed by atoms with van der Waals surface area (Å²) in [5, 5.41) is 21.2. The summed E-state index contributed by atoms with van der Waals surface area (Å²) in [4.78, 5) is 8.10. The fourth-order valence-electron chi connectivity index (χ4n) is 0.912. The topological polar surface area (TPSA) is 104 Å². The van der Waals surface area contributed by atoms with Crippen molar-refractivity contribution in [3.8, 4) is 0 Å². The third-order valence-electron chi connectivity index (χ3n) is 1.64. The first-order valence-electron chi connectivity index (χ1n) is 4.37. The van der Waals surface area contributed by atoms with Crippen molar-refractivity contribution >= 4 is 23.4 Å². The molecule has 0 saturated carbocycles. The maximum Gasteiger partial charge on any atom is 0.191 e. The summed E-state index contributed by atoms with van der Waals surface area (Å²) < 4.78 is 0. The number of anilines is 2. The van der Waals surface area contributed by atoms with E-state index in [9.17, 15) is 0 Å². The first-order chi connectivity index (χ1) is 7.15. The van der Waals surface area contributed by atoms with E-state index in [0.717, 1.165) is 0 Å². The van der Waals surface area contributed by atoms with Gasteiger partial charge in [-0.2, -0.15) is 0 Å². The number of aliphatic hydroxyl groups excluding tert-OH is 2. The quantitative estimate of drug-likeness (QED) is 0.401. The molecule has 7 heteroatoms. The van der Waals surface area contributed by atoms with Crippen LogP contribution in [0.15, 0.2) is 11.2 Å². The van der Waals surface area contributed by atoms with Gasteiger partial charge in [0.15, 0.2) is 5.16 Å². The Morgan fingerprint density at radius 2 is 2.33 bits per heavy atom. The largest absolute Gasteiger partial charge is 0.394 e. The highest BCUT2D eigenvalue weighted by atomic mass is 32.2.